The lowest BCUT2D eigenvalue weighted by Gasteiger charge is -2.22. The van der Waals surface area contributed by atoms with Gasteiger partial charge >= 0.3 is 5.97 Å². The number of aryl methyl sites for hydroxylation is 3. The predicted molar refractivity (Wildman–Crippen MR) is 118 cm³/mol. The zero-order valence-corrected chi connectivity index (χ0v) is 19.3. The lowest BCUT2D eigenvalue weighted by Crippen LogP contribution is -2.37. The molecular formula is C21H25Cl2N3O4. The van der Waals surface area contributed by atoms with Crippen molar-refractivity contribution < 1.29 is 19.1 Å². The molecule has 2 aromatic rings. The number of rotatable bonds is 7. The number of methoxy groups -OCH3 is 1. The maximum Gasteiger partial charge on any atom is 0.345 e. The fourth-order valence-electron chi connectivity index (χ4n) is 3.01. The van der Waals surface area contributed by atoms with Gasteiger partial charge in [0.25, 0.3) is 0 Å². The SMILES string of the molecule is CCC(Nc1c(Cl)c(C)nc(Oc2c(C)cc(Cl)cc2C)c1C(=O)OC)C(=O)NC. The molecule has 162 valence electrons. The van der Waals surface area contributed by atoms with E-state index in [1.54, 1.807) is 19.1 Å². The number of hydrogen-bond donors (Lipinski definition) is 2. The van der Waals surface area contributed by atoms with Gasteiger partial charge in [0, 0.05) is 12.1 Å². The second-order valence-corrected chi connectivity index (χ2v) is 7.56. The first-order chi connectivity index (χ1) is 14.1. The summed E-state index contributed by atoms with van der Waals surface area (Å²) < 4.78 is 11.0. The molecule has 0 aliphatic rings. The van der Waals surface area contributed by atoms with Crippen molar-refractivity contribution in [2.75, 3.05) is 19.5 Å². The summed E-state index contributed by atoms with van der Waals surface area (Å²) in [4.78, 5) is 29.3. The van der Waals surface area contributed by atoms with Crippen LogP contribution in [0.1, 0.15) is 40.5 Å². The van der Waals surface area contributed by atoms with E-state index in [9.17, 15) is 9.59 Å². The third-order valence-corrected chi connectivity index (χ3v) is 5.25. The van der Waals surface area contributed by atoms with Gasteiger partial charge in [0.05, 0.1) is 23.5 Å². The number of nitrogens with zero attached hydrogens (tertiary/aromatic N) is 1. The van der Waals surface area contributed by atoms with Crippen LogP contribution in [0.3, 0.4) is 0 Å². The number of carbonyl (C=O) groups excluding carboxylic acids is 2. The molecule has 0 aliphatic heterocycles. The lowest BCUT2D eigenvalue weighted by molar-refractivity contribution is -0.121. The van der Waals surface area contributed by atoms with Crippen LogP contribution in [-0.2, 0) is 9.53 Å². The minimum absolute atomic E-state index is 0.00389. The Kier molecular flexibility index (Phi) is 7.92. The second kappa shape index (κ2) is 10.00. The van der Waals surface area contributed by atoms with Crippen LogP contribution in [0.15, 0.2) is 12.1 Å². The highest BCUT2D eigenvalue weighted by Gasteiger charge is 2.28. The number of nitrogens with one attached hydrogen (secondary N) is 2. The molecule has 0 aliphatic carbocycles. The van der Waals surface area contributed by atoms with Crippen LogP contribution in [0.2, 0.25) is 10.0 Å². The minimum Gasteiger partial charge on any atom is -0.465 e. The molecule has 1 unspecified atom stereocenters. The molecule has 7 nitrogen and oxygen atoms in total. The molecule has 2 rings (SSSR count). The van der Waals surface area contributed by atoms with Crippen molar-refractivity contribution >= 4 is 40.8 Å². The van der Waals surface area contributed by atoms with Crippen molar-refractivity contribution in [1.29, 1.82) is 0 Å². The first kappa shape index (κ1) is 23.8. The maximum atomic E-state index is 12.7. The number of anilines is 1. The number of ether oxygens (including phenoxy) is 2. The zero-order chi connectivity index (χ0) is 22.6. The van der Waals surface area contributed by atoms with Crippen molar-refractivity contribution in [3.63, 3.8) is 0 Å². The van der Waals surface area contributed by atoms with Crippen LogP contribution in [0.5, 0.6) is 11.6 Å². The van der Waals surface area contributed by atoms with E-state index in [1.165, 1.54) is 14.2 Å². The number of amides is 1. The summed E-state index contributed by atoms with van der Waals surface area (Å²) in [7, 11) is 2.78. The number of hydrogen-bond acceptors (Lipinski definition) is 6. The van der Waals surface area contributed by atoms with Gasteiger partial charge in [-0.3, -0.25) is 4.79 Å². The molecule has 1 aromatic carbocycles. The normalized spacial score (nSPS) is 11.6. The topological polar surface area (TPSA) is 89.6 Å². The van der Waals surface area contributed by atoms with Crippen molar-refractivity contribution in [3.05, 3.63) is 44.6 Å². The number of aromatic nitrogens is 1. The van der Waals surface area contributed by atoms with Gasteiger partial charge in [-0.1, -0.05) is 30.1 Å². The average Bonchev–Trinajstić information content (AvgIpc) is 2.70. The molecule has 0 radical (unpaired) electrons. The highest BCUT2D eigenvalue weighted by atomic mass is 35.5. The summed E-state index contributed by atoms with van der Waals surface area (Å²) in [6.45, 7) is 7.20. The van der Waals surface area contributed by atoms with Gasteiger partial charge in [-0.05, 0) is 50.5 Å². The molecule has 1 aromatic heterocycles. The average molecular weight is 454 g/mol. The molecule has 0 fully saturated rings. The van der Waals surface area contributed by atoms with Gasteiger partial charge in [-0.15, -0.1) is 0 Å². The van der Waals surface area contributed by atoms with Gasteiger partial charge in [0.15, 0.2) is 0 Å². The van der Waals surface area contributed by atoms with Gasteiger partial charge in [-0.2, -0.15) is 0 Å². The number of halogens is 2. The summed E-state index contributed by atoms with van der Waals surface area (Å²) >= 11 is 12.6. The van der Waals surface area contributed by atoms with Crippen LogP contribution in [-0.4, -0.2) is 37.1 Å². The Hall–Kier alpha value is -2.51. The third-order valence-electron chi connectivity index (χ3n) is 4.57. The van der Waals surface area contributed by atoms with E-state index in [1.807, 2.05) is 20.8 Å². The Labute approximate surface area is 186 Å². The standard InChI is InChI=1S/C21H25Cl2N3O4/c1-7-14(19(27)24-5)26-17-15(21(28)29-6)20(25-12(4)16(17)23)30-18-10(2)8-13(22)9-11(18)3/h8-9,14H,7H2,1-6H3,(H,24,27)(H,25,26). The summed E-state index contributed by atoms with van der Waals surface area (Å²) in [5, 5.41) is 6.42. The number of pyridine rings is 1. The zero-order valence-electron chi connectivity index (χ0n) is 17.8. The van der Waals surface area contributed by atoms with Gasteiger partial charge < -0.3 is 20.1 Å². The van der Waals surface area contributed by atoms with Crippen molar-refractivity contribution in [2.24, 2.45) is 0 Å². The Morgan fingerprint density at radius 1 is 1.17 bits per heavy atom. The molecular weight excluding hydrogens is 429 g/mol. The maximum absolute atomic E-state index is 12.7. The highest BCUT2D eigenvalue weighted by Crippen LogP contribution is 2.39. The fraction of sp³-hybridized carbons (Fsp3) is 0.381. The minimum atomic E-state index is -0.696. The van der Waals surface area contributed by atoms with Gasteiger partial charge in [0.2, 0.25) is 11.8 Å². The van der Waals surface area contributed by atoms with Crippen molar-refractivity contribution in [3.8, 4) is 11.6 Å². The summed E-state index contributed by atoms with van der Waals surface area (Å²) in [6, 6.07) is 2.88. The summed E-state index contributed by atoms with van der Waals surface area (Å²) in [6.07, 6.45) is 0.462. The Morgan fingerprint density at radius 3 is 2.27 bits per heavy atom. The Morgan fingerprint density at radius 2 is 1.77 bits per heavy atom. The molecule has 0 saturated heterocycles. The molecule has 0 saturated carbocycles. The van der Waals surface area contributed by atoms with Crippen LogP contribution >= 0.6 is 23.2 Å². The molecule has 1 atom stereocenters. The van der Waals surface area contributed by atoms with Gasteiger partial charge in [0.1, 0.15) is 17.4 Å². The van der Waals surface area contributed by atoms with E-state index >= 15 is 0 Å². The van der Waals surface area contributed by atoms with Crippen LogP contribution in [0.4, 0.5) is 5.69 Å². The number of esters is 1. The highest BCUT2D eigenvalue weighted by molar-refractivity contribution is 6.35. The van der Waals surface area contributed by atoms with Crippen LogP contribution in [0.25, 0.3) is 0 Å². The molecule has 9 heteroatoms. The van der Waals surface area contributed by atoms with Crippen LogP contribution in [0, 0.1) is 20.8 Å². The summed E-state index contributed by atoms with van der Waals surface area (Å²) in [5.74, 6) is -0.404. The molecule has 1 heterocycles. The van der Waals surface area contributed by atoms with E-state index in [0.29, 0.717) is 22.9 Å². The van der Waals surface area contributed by atoms with E-state index < -0.39 is 12.0 Å². The first-order valence-corrected chi connectivity index (χ1v) is 10.1. The number of likely N-dealkylation sites (N-methyl/N-ethyl adjacent to an activating group) is 1. The quantitative estimate of drug-likeness (QED) is 0.583. The number of carbonyl (C=O) groups is 2. The number of benzene rings is 1. The van der Waals surface area contributed by atoms with E-state index in [0.717, 1.165) is 11.1 Å². The second-order valence-electron chi connectivity index (χ2n) is 6.75. The predicted octanol–water partition coefficient (Wildman–Crippen LogP) is 4.83. The first-order valence-electron chi connectivity index (χ1n) is 9.35. The molecule has 0 bridgehead atoms. The molecule has 1 amide bonds. The van der Waals surface area contributed by atoms with E-state index in [2.05, 4.69) is 15.6 Å². The molecule has 30 heavy (non-hydrogen) atoms. The third kappa shape index (κ3) is 4.96. The molecule has 2 N–H and O–H groups in total. The van der Waals surface area contributed by atoms with E-state index in [4.69, 9.17) is 32.7 Å². The fourth-order valence-corrected chi connectivity index (χ4v) is 3.53. The van der Waals surface area contributed by atoms with Crippen molar-refractivity contribution in [2.45, 2.75) is 40.2 Å². The van der Waals surface area contributed by atoms with E-state index in [-0.39, 0.29) is 28.1 Å². The lowest BCUT2D eigenvalue weighted by atomic mass is 10.1. The summed E-state index contributed by atoms with van der Waals surface area (Å²) in [5.41, 5.74) is 2.21. The Balaban J connectivity index is 2.68. The largest absolute Gasteiger partial charge is 0.465 e. The van der Waals surface area contributed by atoms with Crippen molar-refractivity contribution in [1.82, 2.24) is 10.3 Å². The monoisotopic (exact) mass is 453 g/mol. The Bertz CT molecular complexity index is 956. The van der Waals surface area contributed by atoms with Crippen LogP contribution < -0.4 is 15.4 Å². The molecule has 0 spiro atoms. The van der Waals surface area contributed by atoms with Gasteiger partial charge in [-0.25, -0.2) is 9.78 Å². The smallest absolute Gasteiger partial charge is 0.345 e.